The number of halogens is 1. The maximum absolute atomic E-state index is 13.1. The molecule has 0 bridgehead atoms. The van der Waals surface area contributed by atoms with Gasteiger partial charge in [0.15, 0.2) is 0 Å². The van der Waals surface area contributed by atoms with Crippen LogP contribution < -0.4 is 48.6 Å². The third-order valence-corrected chi connectivity index (χ3v) is 14.9. The smallest absolute Gasteiger partial charge is 0.248 e. The van der Waals surface area contributed by atoms with E-state index in [1.807, 2.05) is 24.1 Å². The van der Waals surface area contributed by atoms with Gasteiger partial charge in [0.1, 0.15) is 0 Å². The molecule has 0 radical (unpaired) electrons. The Kier molecular flexibility index (Phi) is 12.9. The van der Waals surface area contributed by atoms with Crippen molar-refractivity contribution in [3.63, 3.8) is 0 Å². The summed E-state index contributed by atoms with van der Waals surface area (Å²) in [6.45, 7) is 1.49. The maximum atomic E-state index is 13.1. The van der Waals surface area contributed by atoms with Gasteiger partial charge >= 0.3 is 288 Å². The SMILES string of the molecule is CN1CCN(C2CCCC(C3=NC(Nc4ccc([I-]C5CCCCCC(C(=O)NC6CCC(=O)NC6=O)CCC5)cc4)=C(C(N)=O)CC3N)C2)C1=O. The Labute approximate surface area is 316 Å². The fourth-order valence-electron chi connectivity index (χ4n) is 8.36. The van der Waals surface area contributed by atoms with Gasteiger partial charge in [0.05, 0.1) is 0 Å². The molecule has 6 unspecified atom stereocenters. The van der Waals surface area contributed by atoms with Crippen LogP contribution in [0.25, 0.3) is 0 Å². The van der Waals surface area contributed by atoms with Crippen molar-refractivity contribution >= 4 is 41.1 Å². The number of anilines is 1. The van der Waals surface area contributed by atoms with Gasteiger partial charge in [-0.3, -0.25) is 0 Å². The summed E-state index contributed by atoms with van der Waals surface area (Å²) in [6.07, 6.45) is 12.8. The standard InChI is InChI=1S/C38H54IN8O5/c1-46-19-20-47(38(46)52)28-12-6-9-24(21-28)33-30(40)22-29(34(41)49)35(45-33)42-27-15-13-26(14-16-27)39-25-10-4-2-3-7-23(8-5-11-25)36(50)43-31-17-18-32(48)44-37(31)51/h13-16,23-25,28,30-31,42H,2-12,17-22,40H2,1H3,(H2,41,49)(H,43,50)(H,44,48,51)/q-1. The summed E-state index contributed by atoms with van der Waals surface area (Å²) in [7, 11) is 1.85. The van der Waals surface area contributed by atoms with Crippen molar-refractivity contribution in [3.05, 3.63) is 39.2 Å². The van der Waals surface area contributed by atoms with Crippen molar-refractivity contribution in [1.29, 1.82) is 0 Å². The van der Waals surface area contributed by atoms with Crippen LogP contribution in [0, 0.1) is 15.4 Å². The monoisotopic (exact) mass is 829 g/mol. The molecular formula is C38H54IN8O5-. The Morgan fingerprint density at radius 3 is 2.38 bits per heavy atom. The molecule has 2 aliphatic carbocycles. The van der Waals surface area contributed by atoms with E-state index < -0.39 is 23.9 Å². The van der Waals surface area contributed by atoms with Gasteiger partial charge in [-0.05, 0) is 0 Å². The molecule has 13 nitrogen and oxygen atoms in total. The molecule has 1 aromatic rings. The van der Waals surface area contributed by atoms with Gasteiger partial charge < -0.3 is 4.90 Å². The molecule has 0 aromatic heterocycles. The number of piperidine rings is 1. The van der Waals surface area contributed by atoms with E-state index >= 15 is 0 Å². The van der Waals surface area contributed by atoms with Crippen LogP contribution in [0.1, 0.15) is 96.3 Å². The summed E-state index contributed by atoms with van der Waals surface area (Å²) in [4.78, 5) is 70.8. The summed E-state index contributed by atoms with van der Waals surface area (Å²) in [5.74, 6) is -0.781. The fourth-order valence-corrected chi connectivity index (χ4v) is 11.7. The molecule has 6 amide bonds. The number of likely N-dealkylation sites (N-methyl/N-ethyl adjacent to an activating group) is 1. The number of nitrogens with one attached hydrogen (secondary N) is 3. The Morgan fingerprint density at radius 2 is 1.65 bits per heavy atom. The van der Waals surface area contributed by atoms with Crippen LogP contribution in [0.3, 0.4) is 0 Å². The number of benzene rings is 1. The number of imide groups is 1. The number of urea groups is 1. The average Bonchev–Trinajstić information content (AvgIpc) is 3.47. The Balaban J connectivity index is 1.05. The fraction of sp³-hybridized carbons (Fsp3) is 0.632. The van der Waals surface area contributed by atoms with E-state index in [0.717, 1.165) is 95.1 Å². The van der Waals surface area contributed by atoms with Gasteiger partial charge in [0, 0.05) is 20.1 Å². The molecule has 5 aliphatic rings. The van der Waals surface area contributed by atoms with Crippen molar-refractivity contribution in [3.8, 4) is 0 Å². The van der Waals surface area contributed by atoms with Crippen LogP contribution in [-0.2, 0) is 19.2 Å². The summed E-state index contributed by atoms with van der Waals surface area (Å²) < 4.78 is 1.95. The van der Waals surface area contributed by atoms with Gasteiger partial charge in [0.25, 0.3) is 0 Å². The van der Waals surface area contributed by atoms with Crippen molar-refractivity contribution < 1.29 is 45.2 Å². The number of rotatable bonds is 9. The largest absolute Gasteiger partial charge is 0.320 e. The van der Waals surface area contributed by atoms with E-state index in [1.54, 1.807) is 4.90 Å². The molecule has 7 N–H and O–H groups in total. The molecule has 284 valence electrons. The van der Waals surface area contributed by atoms with E-state index in [9.17, 15) is 24.0 Å². The van der Waals surface area contributed by atoms with Gasteiger partial charge in [-0.15, -0.1) is 0 Å². The number of nitrogens with zero attached hydrogens (tertiary/aromatic N) is 3. The molecule has 3 heterocycles. The number of amides is 6. The minimum atomic E-state index is -0.625. The Bertz CT molecular complexity index is 1580. The summed E-state index contributed by atoms with van der Waals surface area (Å²) in [5.41, 5.74) is 14.6. The van der Waals surface area contributed by atoms with Crippen molar-refractivity contribution in [2.75, 3.05) is 25.5 Å². The predicted molar refractivity (Wildman–Crippen MR) is 194 cm³/mol. The number of carbonyl (C=O) groups is 5. The first kappa shape index (κ1) is 38.2. The quantitative estimate of drug-likeness (QED) is 0.133. The molecule has 14 heteroatoms. The summed E-state index contributed by atoms with van der Waals surface area (Å²) in [5, 5.41) is 8.64. The third kappa shape index (κ3) is 9.52. The van der Waals surface area contributed by atoms with Crippen LogP contribution >= 0.6 is 0 Å². The minimum Gasteiger partial charge on any atom is -0.248 e. The second kappa shape index (κ2) is 17.5. The number of nitrogens with two attached hydrogens (primary N) is 2. The second-order valence-corrected chi connectivity index (χ2v) is 18.7. The van der Waals surface area contributed by atoms with Gasteiger partial charge in [-0.2, -0.15) is 0 Å². The first-order valence-corrected chi connectivity index (χ1v) is 21.4. The summed E-state index contributed by atoms with van der Waals surface area (Å²) >= 11 is -0.266. The molecule has 1 aromatic carbocycles. The van der Waals surface area contributed by atoms with Crippen LogP contribution in [0.5, 0.6) is 0 Å². The Hall–Kier alpha value is -3.53. The van der Waals surface area contributed by atoms with Gasteiger partial charge in [0.2, 0.25) is 0 Å². The number of alkyl halides is 1. The third-order valence-electron chi connectivity index (χ3n) is 11.3. The van der Waals surface area contributed by atoms with Crippen LogP contribution in [0.4, 0.5) is 10.5 Å². The van der Waals surface area contributed by atoms with Crippen molar-refractivity contribution in [1.82, 2.24) is 20.4 Å². The maximum Gasteiger partial charge on any atom is 0.320 e. The first-order valence-electron chi connectivity index (χ1n) is 19.1. The number of carbonyl (C=O) groups excluding carboxylic acids is 5. The summed E-state index contributed by atoms with van der Waals surface area (Å²) in [6, 6.07) is 7.67. The van der Waals surface area contributed by atoms with Crippen molar-refractivity contribution in [2.24, 2.45) is 28.3 Å². The zero-order valence-corrected chi connectivity index (χ0v) is 32.4. The Morgan fingerprint density at radius 1 is 0.923 bits per heavy atom. The zero-order chi connectivity index (χ0) is 36.8. The number of hydrogen-bond acceptors (Lipinski definition) is 8. The molecular weight excluding hydrogens is 775 g/mol. The predicted octanol–water partition coefficient (Wildman–Crippen LogP) is 0.193. The normalized spacial score (nSPS) is 29.4. The average molecular weight is 830 g/mol. The van der Waals surface area contributed by atoms with Crippen molar-refractivity contribution in [2.45, 2.75) is 118 Å². The van der Waals surface area contributed by atoms with Crippen LogP contribution in [-0.4, -0.2) is 87.4 Å². The van der Waals surface area contributed by atoms with E-state index in [1.165, 1.54) is 9.99 Å². The molecule has 2 saturated carbocycles. The zero-order valence-electron chi connectivity index (χ0n) is 30.2. The molecule has 6 atom stereocenters. The van der Waals surface area contributed by atoms with E-state index in [0.29, 0.717) is 28.2 Å². The van der Waals surface area contributed by atoms with E-state index in [2.05, 4.69) is 28.1 Å². The van der Waals surface area contributed by atoms with E-state index in [-0.39, 0.29) is 63.3 Å². The molecule has 52 heavy (non-hydrogen) atoms. The van der Waals surface area contributed by atoms with Crippen LogP contribution in [0.2, 0.25) is 0 Å². The minimum absolute atomic E-state index is 0.0649. The first-order chi connectivity index (χ1) is 25.0. The second-order valence-electron chi connectivity index (χ2n) is 15.1. The molecule has 0 spiro atoms. The van der Waals surface area contributed by atoms with E-state index in [4.69, 9.17) is 16.5 Å². The van der Waals surface area contributed by atoms with Gasteiger partial charge in [-0.25, -0.2) is 4.79 Å². The number of hydrogen-bond donors (Lipinski definition) is 5. The topological polar surface area (TPSA) is 192 Å². The molecule has 2 saturated heterocycles. The van der Waals surface area contributed by atoms with Gasteiger partial charge in [-0.1, -0.05) is 0 Å². The molecule has 3 aliphatic heterocycles. The number of aliphatic imine (C=N–C) groups is 1. The molecule has 6 rings (SSSR count). The molecule has 4 fully saturated rings. The number of primary amides is 1. The van der Waals surface area contributed by atoms with Crippen LogP contribution in [0.15, 0.2) is 40.7 Å².